The summed E-state index contributed by atoms with van der Waals surface area (Å²) in [7, 11) is 0. The SMILES string of the molecule is Cc1cc(Br)cc(C(=O)N2CCC(NCC3CC3)CC2)c1. The second-order valence-corrected chi connectivity index (χ2v) is 7.35. The van der Waals surface area contributed by atoms with Gasteiger partial charge in [0.2, 0.25) is 0 Å². The van der Waals surface area contributed by atoms with E-state index in [0.29, 0.717) is 6.04 Å². The lowest BCUT2D eigenvalue weighted by atomic mass is 10.0. The fourth-order valence-electron chi connectivity index (χ4n) is 2.98. The minimum Gasteiger partial charge on any atom is -0.339 e. The van der Waals surface area contributed by atoms with E-state index in [4.69, 9.17) is 0 Å². The average Bonchev–Trinajstić information content (AvgIpc) is 3.28. The first-order valence-corrected chi connectivity index (χ1v) is 8.71. The average molecular weight is 351 g/mol. The quantitative estimate of drug-likeness (QED) is 0.902. The molecule has 0 atom stereocenters. The predicted molar refractivity (Wildman–Crippen MR) is 88.5 cm³/mol. The molecule has 1 saturated carbocycles. The monoisotopic (exact) mass is 350 g/mol. The van der Waals surface area contributed by atoms with Crippen LogP contribution in [0.4, 0.5) is 0 Å². The topological polar surface area (TPSA) is 32.3 Å². The molecule has 0 bridgehead atoms. The van der Waals surface area contributed by atoms with Crippen molar-refractivity contribution in [2.24, 2.45) is 5.92 Å². The van der Waals surface area contributed by atoms with E-state index in [0.717, 1.165) is 47.4 Å². The molecule has 4 heteroatoms. The molecule has 1 amide bonds. The van der Waals surface area contributed by atoms with E-state index in [1.54, 1.807) is 0 Å². The predicted octanol–water partition coefficient (Wildman–Crippen LogP) is 3.36. The van der Waals surface area contributed by atoms with Gasteiger partial charge in [-0.25, -0.2) is 0 Å². The van der Waals surface area contributed by atoms with Crippen molar-refractivity contribution in [2.45, 2.75) is 38.6 Å². The lowest BCUT2D eigenvalue weighted by molar-refractivity contribution is 0.0705. The summed E-state index contributed by atoms with van der Waals surface area (Å²) in [6, 6.07) is 6.53. The number of piperidine rings is 1. The zero-order valence-electron chi connectivity index (χ0n) is 12.6. The summed E-state index contributed by atoms with van der Waals surface area (Å²) < 4.78 is 0.979. The number of rotatable bonds is 4. The summed E-state index contributed by atoms with van der Waals surface area (Å²) in [5.41, 5.74) is 1.92. The number of amides is 1. The Hall–Kier alpha value is -0.870. The number of carbonyl (C=O) groups excluding carboxylic acids is 1. The molecule has 21 heavy (non-hydrogen) atoms. The molecule has 1 aliphatic heterocycles. The van der Waals surface area contributed by atoms with Crippen LogP contribution >= 0.6 is 15.9 Å². The van der Waals surface area contributed by atoms with Crippen molar-refractivity contribution in [3.63, 3.8) is 0 Å². The van der Waals surface area contributed by atoms with Gasteiger partial charge in [0.05, 0.1) is 0 Å². The summed E-state index contributed by atoms with van der Waals surface area (Å²) in [6.45, 7) is 4.93. The van der Waals surface area contributed by atoms with Crippen molar-refractivity contribution in [2.75, 3.05) is 19.6 Å². The summed E-state index contributed by atoms with van der Waals surface area (Å²) in [5.74, 6) is 1.09. The smallest absolute Gasteiger partial charge is 0.253 e. The Kier molecular flexibility index (Phi) is 4.65. The van der Waals surface area contributed by atoms with Crippen LogP contribution in [-0.4, -0.2) is 36.5 Å². The molecule has 0 aromatic heterocycles. The highest BCUT2D eigenvalue weighted by Gasteiger charge is 2.26. The van der Waals surface area contributed by atoms with Gasteiger partial charge in [0.1, 0.15) is 0 Å². The Bertz CT molecular complexity index is 499. The van der Waals surface area contributed by atoms with Crippen LogP contribution in [-0.2, 0) is 0 Å². The van der Waals surface area contributed by atoms with Crippen molar-refractivity contribution < 1.29 is 4.79 Å². The van der Waals surface area contributed by atoms with Crippen LogP contribution in [0, 0.1) is 12.8 Å². The first-order chi connectivity index (χ1) is 10.1. The first kappa shape index (κ1) is 15.0. The molecule has 114 valence electrons. The normalized spacial score (nSPS) is 19.8. The molecule has 1 aromatic carbocycles. The molecule has 0 radical (unpaired) electrons. The van der Waals surface area contributed by atoms with Crippen LogP contribution in [0.3, 0.4) is 0 Å². The Balaban J connectivity index is 1.54. The van der Waals surface area contributed by atoms with Crippen molar-refractivity contribution in [3.05, 3.63) is 33.8 Å². The van der Waals surface area contributed by atoms with Gasteiger partial charge < -0.3 is 10.2 Å². The summed E-state index contributed by atoms with van der Waals surface area (Å²) in [6.07, 6.45) is 4.94. The van der Waals surface area contributed by atoms with Crippen LogP contribution < -0.4 is 5.32 Å². The van der Waals surface area contributed by atoms with Gasteiger partial charge >= 0.3 is 0 Å². The number of halogens is 1. The summed E-state index contributed by atoms with van der Waals surface area (Å²) in [5, 5.41) is 3.66. The number of benzene rings is 1. The Morgan fingerprint density at radius 1 is 1.24 bits per heavy atom. The van der Waals surface area contributed by atoms with Gasteiger partial charge in [0, 0.05) is 29.2 Å². The van der Waals surface area contributed by atoms with Gasteiger partial charge in [-0.1, -0.05) is 15.9 Å². The summed E-state index contributed by atoms with van der Waals surface area (Å²) >= 11 is 3.47. The van der Waals surface area contributed by atoms with Gasteiger partial charge in [0.15, 0.2) is 0 Å². The van der Waals surface area contributed by atoms with Crippen LogP contribution in [0.15, 0.2) is 22.7 Å². The highest BCUT2D eigenvalue weighted by molar-refractivity contribution is 9.10. The molecule has 1 aliphatic carbocycles. The largest absolute Gasteiger partial charge is 0.339 e. The molecule has 0 spiro atoms. The minimum absolute atomic E-state index is 0.167. The van der Waals surface area contributed by atoms with E-state index in [1.165, 1.54) is 19.4 Å². The van der Waals surface area contributed by atoms with Crippen LogP contribution in [0.5, 0.6) is 0 Å². The molecule has 2 fully saturated rings. The maximum atomic E-state index is 12.6. The number of carbonyl (C=O) groups is 1. The van der Waals surface area contributed by atoms with E-state index in [9.17, 15) is 4.79 Å². The van der Waals surface area contributed by atoms with Crippen LogP contribution in [0.1, 0.15) is 41.6 Å². The number of aryl methyl sites for hydroxylation is 1. The van der Waals surface area contributed by atoms with Crippen molar-refractivity contribution >= 4 is 21.8 Å². The molecule has 0 unspecified atom stereocenters. The van der Waals surface area contributed by atoms with Gasteiger partial charge in [-0.3, -0.25) is 4.79 Å². The van der Waals surface area contributed by atoms with E-state index >= 15 is 0 Å². The number of hydrogen-bond donors (Lipinski definition) is 1. The third-order valence-electron chi connectivity index (χ3n) is 4.46. The highest BCUT2D eigenvalue weighted by Crippen LogP contribution is 2.28. The zero-order valence-corrected chi connectivity index (χ0v) is 14.2. The van der Waals surface area contributed by atoms with Gasteiger partial charge in [0.25, 0.3) is 5.91 Å². The summed E-state index contributed by atoms with van der Waals surface area (Å²) in [4.78, 5) is 14.6. The van der Waals surface area contributed by atoms with Crippen molar-refractivity contribution in [1.82, 2.24) is 10.2 Å². The maximum Gasteiger partial charge on any atom is 0.253 e. The molecule has 3 rings (SSSR count). The van der Waals surface area contributed by atoms with Gasteiger partial charge in [-0.05, 0) is 68.8 Å². The number of hydrogen-bond acceptors (Lipinski definition) is 2. The second-order valence-electron chi connectivity index (χ2n) is 6.44. The first-order valence-electron chi connectivity index (χ1n) is 7.91. The zero-order chi connectivity index (χ0) is 14.8. The standard InChI is InChI=1S/C17H23BrN2O/c1-12-8-14(10-15(18)9-12)17(21)20-6-4-16(5-7-20)19-11-13-2-3-13/h8-10,13,16,19H,2-7,11H2,1H3. The number of nitrogens with zero attached hydrogens (tertiary/aromatic N) is 1. The van der Waals surface area contributed by atoms with Crippen LogP contribution in [0.2, 0.25) is 0 Å². The molecular formula is C17H23BrN2O. The minimum atomic E-state index is 0.167. The van der Waals surface area contributed by atoms with Gasteiger partial charge in [-0.2, -0.15) is 0 Å². The Morgan fingerprint density at radius 2 is 1.95 bits per heavy atom. The fraction of sp³-hybridized carbons (Fsp3) is 0.588. The third-order valence-corrected chi connectivity index (χ3v) is 4.92. The molecule has 1 N–H and O–H groups in total. The van der Waals surface area contributed by atoms with E-state index in [-0.39, 0.29) is 5.91 Å². The Morgan fingerprint density at radius 3 is 2.57 bits per heavy atom. The lowest BCUT2D eigenvalue weighted by Gasteiger charge is -2.32. The fourth-order valence-corrected chi connectivity index (χ4v) is 3.59. The Labute approximate surface area is 135 Å². The molecule has 3 nitrogen and oxygen atoms in total. The van der Waals surface area contributed by atoms with Crippen LogP contribution in [0.25, 0.3) is 0 Å². The lowest BCUT2D eigenvalue weighted by Crippen LogP contribution is -2.45. The molecule has 2 aliphatic rings. The van der Waals surface area contributed by atoms with E-state index < -0.39 is 0 Å². The second kappa shape index (κ2) is 6.49. The number of likely N-dealkylation sites (tertiary alicyclic amines) is 1. The van der Waals surface area contributed by atoms with Crippen molar-refractivity contribution in [3.8, 4) is 0 Å². The van der Waals surface area contributed by atoms with E-state index in [1.807, 2.05) is 30.0 Å². The third kappa shape index (κ3) is 4.07. The highest BCUT2D eigenvalue weighted by atomic mass is 79.9. The molecule has 1 heterocycles. The molecule has 1 aromatic rings. The van der Waals surface area contributed by atoms with Crippen molar-refractivity contribution in [1.29, 1.82) is 0 Å². The molecule has 1 saturated heterocycles. The number of nitrogens with one attached hydrogen (secondary N) is 1. The van der Waals surface area contributed by atoms with Gasteiger partial charge in [-0.15, -0.1) is 0 Å². The molecular weight excluding hydrogens is 328 g/mol. The maximum absolute atomic E-state index is 12.6. The van der Waals surface area contributed by atoms with E-state index in [2.05, 4.69) is 21.2 Å².